The number of thiazole rings is 1. The van der Waals surface area contributed by atoms with Crippen LogP contribution in [0.3, 0.4) is 0 Å². The van der Waals surface area contributed by atoms with Gasteiger partial charge in [-0.1, -0.05) is 11.3 Å². The minimum Gasteiger partial charge on any atom is -0.348 e. The number of rotatable bonds is 8. The summed E-state index contributed by atoms with van der Waals surface area (Å²) in [5.41, 5.74) is 1.04. The third-order valence-electron chi connectivity index (χ3n) is 3.43. The zero-order chi connectivity index (χ0) is 13.8. The van der Waals surface area contributed by atoms with Crippen LogP contribution in [0.25, 0.3) is 0 Å². The van der Waals surface area contributed by atoms with E-state index in [9.17, 15) is 4.79 Å². The summed E-state index contributed by atoms with van der Waals surface area (Å²) in [7, 11) is 4.19. The van der Waals surface area contributed by atoms with Crippen molar-refractivity contribution >= 4 is 22.8 Å². The lowest BCUT2D eigenvalue weighted by molar-refractivity contribution is 0.112. The average Bonchev–Trinajstić information content (AvgIpc) is 3.14. The second kappa shape index (κ2) is 6.48. The number of hydrogen-bond donors (Lipinski definition) is 0. The predicted octanol–water partition coefficient (Wildman–Crippen LogP) is 2.61. The van der Waals surface area contributed by atoms with E-state index < -0.39 is 0 Å². The first-order chi connectivity index (χ1) is 9.15. The molecule has 19 heavy (non-hydrogen) atoms. The molecule has 0 bridgehead atoms. The molecule has 0 radical (unpaired) electrons. The van der Waals surface area contributed by atoms with Gasteiger partial charge < -0.3 is 9.80 Å². The van der Waals surface area contributed by atoms with E-state index in [0.717, 1.165) is 48.0 Å². The van der Waals surface area contributed by atoms with Gasteiger partial charge >= 0.3 is 0 Å². The first kappa shape index (κ1) is 14.5. The minimum atomic E-state index is 0.547. The number of carbonyl (C=O) groups excluding carboxylic acids is 1. The molecule has 1 aliphatic carbocycles. The number of anilines is 1. The molecule has 0 amide bonds. The molecule has 0 atom stereocenters. The summed E-state index contributed by atoms with van der Waals surface area (Å²) < 4.78 is 0. The van der Waals surface area contributed by atoms with E-state index in [1.807, 2.05) is 0 Å². The van der Waals surface area contributed by atoms with Crippen LogP contribution >= 0.6 is 11.3 Å². The molecular weight excluding hydrogens is 258 g/mol. The van der Waals surface area contributed by atoms with Gasteiger partial charge in [-0.3, -0.25) is 4.79 Å². The summed E-state index contributed by atoms with van der Waals surface area (Å²) in [5, 5.41) is 1.02. The van der Waals surface area contributed by atoms with E-state index in [4.69, 9.17) is 4.98 Å². The number of aldehydes is 1. The number of nitrogens with zero attached hydrogens (tertiary/aromatic N) is 3. The lowest BCUT2D eigenvalue weighted by atomic mass is 10.3. The van der Waals surface area contributed by atoms with Crippen molar-refractivity contribution < 1.29 is 4.79 Å². The molecule has 0 saturated heterocycles. The van der Waals surface area contributed by atoms with Gasteiger partial charge in [0.25, 0.3) is 0 Å². The van der Waals surface area contributed by atoms with Crippen molar-refractivity contribution in [1.29, 1.82) is 0 Å². The molecule has 1 aliphatic rings. The van der Waals surface area contributed by atoms with E-state index in [-0.39, 0.29) is 0 Å². The smallest absolute Gasteiger partial charge is 0.186 e. The van der Waals surface area contributed by atoms with Gasteiger partial charge in [0.15, 0.2) is 11.4 Å². The standard InChI is InChI=1S/C14H23N3OS/c1-4-17(9-5-8-16(2)3)14-15-13(11-6-7-11)12(10-18)19-14/h10-11H,4-9H2,1-3H3. The Bertz CT molecular complexity index is 426. The highest BCUT2D eigenvalue weighted by Gasteiger charge is 2.30. The highest BCUT2D eigenvalue weighted by molar-refractivity contribution is 7.17. The van der Waals surface area contributed by atoms with Crippen molar-refractivity contribution in [2.45, 2.75) is 32.1 Å². The van der Waals surface area contributed by atoms with Gasteiger partial charge in [0, 0.05) is 19.0 Å². The van der Waals surface area contributed by atoms with Crippen LogP contribution in [0.15, 0.2) is 0 Å². The maximum absolute atomic E-state index is 11.1. The SMILES string of the molecule is CCN(CCCN(C)C)c1nc(C2CC2)c(C=O)s1. The van der Waals surface area contributed by atoms with Crippen molar-refractivity contribution in [3.63, 3.8) is 0 Å². The topological polar surface area (TPSA) is 36.4 Å². The monoisotopic (exact) mass is 281 g/mol. The van der Waals surface area contributed by atoms with Gasteiger partial charge in [-0.15, -0.1) is 0 Å². The van der Waals surface area contributed by atoms with E-state index in [1.165, 1.54) is 12.8 Å². The molecule has 1 aromatic heterocycles. The average molecular weight is 281 g/mol. The Morgan fingerprint density at radius 3 is 2.63 bits per heavy atom. The van der Waals surface area contributed by atoms with Crippen LogP contribution in [-0.2, 0) is 0 Å². The van der Waals surface area contributed by atoms with Gasteiger partial charge in [-0.25, -0.2) is 4.98 Å². The molecular formula is C14H23N3OS. The van der Waals surface area contributed by atoms with Gasteiger partial charge in [0.2, 0.25) is 0 Å². The lowest BCUT2D eigenvalue weighted by Gasteiger charge is -2.20. The Kier molecular flexibility index (Phi) is 4.93. The van der Waals surface area contributed by atoms with Crippen molar-refractivity contribution in [3.8, 4) is 0 Å². The fourth-order valence-electron chi connectivity index (χ4n) is 2.17. The van der Waals surface area contributed by atoms with Gasteiger partial charge in [0.05, 0.1) is 10.6 Å². The fourth-order valence-corrected chi connectivity index (χ4v) is 3.22. The Morgan fingerprint density at radius 1 is 1.37 bits per heavy atom. The van der Waals surface area contributed by atoms with E-state index >= 15 is 0 Å². The fraction of sp³-hybridized carbons (Fsp3) is 0.714. The largest absolute Gasteiger partial charge is 0.348 e. The highest BCUT2D eigenvalue weighted by Crippen LogP contribution is 2.43. The molecule has 5 heteroatoms. The van der Waals surface area contributed by atoms with E-state index in [2.05, 4.69) is 30.8 Å². The van der Waals surface area contributed by atoms with Gasteiger partial charge in [0.1, 0.15) is 0 Å². The van der Waals surface area contributed by atoms with Crippen LogP contribution in [0.4, 0.5) is 5.13 Å². The molecule has 4 nitrogen and oxygen atoms in total. The zero-order valence-corrected chi connectivity index (χ0v) is 12.9. The molecule has 2 rings (SSSR count). The Labute approximate surface area is 119 Å². The molecule has 106 valence electrons. The number of hydrogen-bond acceptors (Lipinski definition) is 5. The Balaban J connectivity index is 2.03. The second-order valence-electron chi connectivity index (χ2n) is 5.37. The Hall–Kier alpha value is -0.940. The highest BCUT2D eigenvalue weighted by atomic mass is 32.1. The molecule has 1 saturated carbocycles. The van der Waals surface area contributed by atoms with Crippen molar-refractivity contribution in [3.05, 3.63) is 10.6 Å². The van der Waals surface area contributed by atoms with Crippen LogP contribution in [0.5, 0.6) is 0 Å². The van der Waals surface area contributed by atoms with Gasteiger partial charge in [-0.2, -0.15) is 0 Å². The third-order valence-corrected chi connectivity index (χ3v) is 4.48. The van der Waals surface area contributed by atoms with Crippen LogP contribution in [0, 0.1) is 0 Å². The first-order valence-electron chi connectivity index (χ1n) is 7.01. The molecule has 0 aliphatic heterocycles. The minimum absolute atomic E-state index is 0.547. The van der Waals surface area contributed by atoms with Crippen LogP contribution < -0.4 is 4.90 Å². The second-order valence-corrected chi connectivity index (χ2v) is 6.38. The molecule has 0 unspecified atom stereocenters. The number of aromatic nitrogens is 1. The van der Waals surface area contributed by atoms with Crippen LogP contribution in [0.1, 0.15) is 47.5 Å². The van der Waals surface area contributed by atoms with Crippen molar-refractivity contribution in [1.82, 2.24) is 9.88 Å². The first-order valence-corrected chi connectivity index (χ1v) is 7.83. The Morgan fingerprint density at radius 2 is 2.11 bits per heavy atom. The number of carbonyl (C=O) groups is 1. The van der Waals surface area contributed by atoms with Crippen LogP contribution in [-0.4, -0.2) is 49.9 Å². The van der Waals surface area contributed by atoms with Crippen molar-refractivity contribution in [2.24, 2.45) is 0 Å². The maximum atomic E-state index is 11.1. The normalized spacial score (nSPS) is 14.9. The predicted molar refractivity (Wildman–Crippen MR) is 80.5 cm³/mol. The van der Waals surface area contributed by atoms with Crippen molar-refractivity contribution in [2.75, 3.05) is 38.6 Å². The lowest BCUT2D eigenvalue weighted by Crippen LogP contribution is -2.26. The summed E-state index contributed by atoms with van der Waals surface area (Å²) in [5.74, 6) is 0.547. The molecule has 1 heterocycles. The summed E-state index contributed by atoms with van der Waals surface area (Å²) in [6.07, 6.45) is 4.48. The summed E-state index contributed by atoms with van der Waals surface area (Å²) in [6.45, 7) is 5.18. The summed E-state index contributed by atoms with van der Waals surface area (Å²) in [6, 6.07) is 0. The van der Waals surface area contributed by atoms with E-state index in [0.29, 0.717) is 5.92 Å². The molecule has 1 aromatic rings. The molecule has 0 aromatic carbocycles. The zero-order valence-electron chi connectivity index (χ0n) is 12.1. The van der Waals surface area contributed by atoms with Gasteiger partial charge in [-0.05, 0) is 46.8 Å². The maximum Gasteiger partial charge on any atom is 0.186 e. The molecule has 1 fully saturated rings. The van der Waals surface area contributed by atoms with Crippen LogP contribution in [0.2, 0.25) is 0 Å². The molecule has 0 N–H and O–H groups in total. The quantitative estimate of drug-likeness (QED) is 0.686. The molecule has 0 spiro atoms. The van der Waals surface area contributed by atoms with E-state index in [1.54, 1.807) is 11.3 Å². The summed E-state index contributed by atoms with van der Waals surface area (Å²) in [4.78, 5) is 21.2. The summed E-state index contributed by atoms with van der Waals surface area (Å²) >= 11 is 1.55. The third kappa shape index (κ3) is 3.76.